The third-order valence-electron chi connectivity index (χ3n) is 7.57. The summed E-state index contributed by atoms with van der Waals surface area (Å²) in [4.78, 5) is 32.7. The molecule has 0 saturated heterocycles. The molecule has 0 aromatic carbocycles. The van der Waals surface area contributed by atoms with Gasteiger partial charge in [0.05, 0.1) is 17.3 Å². The number of hydrogen-bond donors (Lipinski definition) is 3. The Kier molecular flexibility index (Phi) is 54.2. The SMILES string of the molecule is CCCCCC(CC)OC(=O)CS.CCCCCC(CC)OC(=O)CS.CCCCCC(CC)OC(=O)CS.CCCCCCC[CH2][Sn]. The zero-order chi connectivity index (χ0) is 37.3. The van der Waals surface area contributed by atoms with Gasteiger partial charge < -0.3 is 14.2 Å². The zero-order valence-electron chi connectivity index (χ0n) is 32.2. The first-order valence-corrected chi connectivity index (χ1v) is 23.1. The molecular weight excluding hydrogens is 767 g/mol. The minimum absolute atomic E-state index is 0.103. The second-order valence-electron chi connectivity index (χ2n) is 12.0. The van der Waals surface area contributed by atoms with Crippen LogP contribution in [0.1, 0.15) is 183 Å². The summed E-state index contributed by atoms with van der Waals surface area (Å²) in [5.74, 6) is -0.0520. The van der Waals surface area contributed by atoms with Crippen LogP contribution >= 0.6 is 37.9 Å². The maximum atomic E-state index is 10.9. The fraction of sp³-hybridized carbons (Fsp3) is 0.921. The third kappa shape index (κ3) is 46.3. The van der Waals surface area contributed by atoms with Gasteiger partial charge in [0.25, 0.3) is 0 Å². The number of rotatable bonds is 27. The van der Waals surface area contributed by atoms with Gasteiger partial charge in [-0.25, -0.2) is 0 Å². The van der Waals surface area contributed by atoms with Crippen molar-refractivity contribution in [3.63, 3.8) is 0 Å². The molecule has 0 spiro atoms. The van der Waals surface area contributed by atoms with Crippen molar-refractivity contribution in [3.05, 3.63) is 0 Å². The van der Waals surface area contributed by atoms with Gasteiger partial charge in [0.1, 0.15) is 18.3 Å². The van der Waals surface area contributed by atoms with Crippen molar-refractivity contribution < 1.29 is 28.6 Å². The Bertz CT molecular complexity index is 590. The quantitative estimate of drug-likeness (QED) is 0.0251. The molecule has 0 heterocycles. The van der Waals surface area contributed by atoms with Gasteiger partial charge in [-0.3, -0.25) is 14.4 Å². The molecule has 0 rings (SSSR count). The van der Waals surface area contributed by atoms with Crippen molar-refractivity contribution in [2.45, 2.75) is 206 Å². The number of esters is 3. The average molecular weight is 845 g/mol. The van der Waals surface area contributed by atoms with Crippen LogP contribution in [0.25, 0.3) is 0 Å². The van der Waals surface area contributed by atoms with Crippen molar-refractivity contribution in [1.82, 2.24) is 0 Å². The maximum absolute atomic E-state index is 10.9. The van der Waals surface area contributed by atoms with Crippen LogP contribution < -0.4 is 0 Å². The van der Waals surface area contributed by atoms with Crippen LogP contribution in [0.4, 0.5) is 0 Å². The molecule has 0 aromatic rings. The number of carbonyl (C=O) groups excluding carboxylic acids is 3. The number of hydrogen-bond acceptors (Lipinski definition) is 9. The van der Waals surface area contributed by atoms with Crippen LogP contribution in [0.3, 0.4) is 0 Å². The Labute approximate surface area is 328 Å². The van der Waals surface area contributed by atoms with E-state index in [1.165, 1.54) is 81.5 Å². The molecule has 48 heavy (non-hydrogen) atoms. The molecule has 10 heteroatoms. The second kappa shape index (κ2) is 47.3. The van der Waals surface area contributed by atoms with E-state index in [4.69, 9.17) is 14.2 Å². The summed E-state index contributed by atoms with van der Waals surface area (Å²) < 4.78 is 17.0. The van der Waals surface area contributed by atoms with E-state index in [1.54, 1.807) is 22.5 Å². The summed E-state index contributed by atoms with van der Waals surface area (Å²) in [5, 5.41) is 0. The fourth-order valence-electron chi connectivity index (χ4n) is 4.48. The number of thiol groups is 3. The van der Waals surface area contributed by atoms with E-state index in [1.807, 2.05) is 20.8 Å². The van der Waals surface area contributed by atoms with Crippen molar-refractivity contribution >= 4 is 78.3 Å². The van der Waals surface area contributed by atoms with Crippen LogP contribution in [-0.4, -0.2) is 76.0 Å². The molecule has 0 aromatic heterocycles. The first kappa shape index (κ1) is 55.0. The molecule has 0 fully saturated rings. The van der Waals surface area contributed by atoms with Gasteiger partial charge in [-0.2, -0.15) is 37.9 Å². The van der Waals surface area contributed by atoms with E-state index in [0.29, 0.717) is 0 Å². The summed E-state index contributed by atoms with van der Waals surface area (Å²) in [5.41, 5.74) is 0. The third-order valence-corrected chi connectivity index (χ3v) is 9.35. The molecular formula is C38H77O6S3Sn. The molecule has 287 valence electrons. The predicted octanol–water partition coefficient (Wildman–Crippen LogP) is 11.4. The van der Waals surface area contributed by atoms with Crippen molar-refractivity contribution in [2.75, 3.05) is 17.3 Å². The molecule has 0 bridgehead atoms. The van der Waals surface area contributed by atoms with Gasteiger partial charge in [0.2, 0.25) is 0 Å². The van der Waals surface area contributed by atoms with E-state index >= 15 is 0 Å². The molecule has 3 atom stereocenters. The van der Waals surface area contributed by atoms with Gasteiger partial charge in [-0.05, 0) is 57.8 Å². The number of carbonyl (C=O) groups is 3. The van der Waals surface area contributed by atoms with Crippen LogP contribution in [0.15, 0.2) is 0 Å². The molecule has 0 saturated carbocycles. The van der Waals surface area contributed by atoms with Gasteiger partial charge >= 0.3 is 90.3 Å². The van der Waals surface area contributed by atoms with Gasteiger partial charge in [0, 0.05) is 0 Å². The molecule has 0 amide bonds. The van der Waals surface area contributed by atoms with E-state index in [-0.39, 0.29) is 53.5 Å². The van der Waals surface area contributed by atoms with E-state index in [2.05, 4.69) is 65.6 Å². The molecule has 0 aliphatic heterocycles. The monoisotopic (exact) mass is 845 g/mol. The fourth-order valence-corrected chi connectivity index (χ4v) is 5.42. The van der Waals surface area contributed by atoms with E-state index in [0.717, 1.165) is 57.8 Å². The number of ether oxygens (including phenoxy) is 3. The molecule has 0 aliphatic rings. The Morgan fingerprint density at radius 3 is 0.917 bits per heavy atom. The predicted molar refractivity (Wildman–Crippen MR) is 218 cm³/mol. The summed E-state index contributed by atoms with van der Waals surface area (Å²) in [6.07, 6.45) is 25.4. The Hall–Kier alpha value is 0.259. The van der Waals surface area contributed by atoms with Crippen molar-refractivity contribution in [1.29, 1.82) is 0 Å². The average Bonchev–Trinajstić information content (AvgIpc) is 3.10. The van der Waals surface area contributed by atoms with Crippen LogP contribution in [-0.2, 0) is 28.6 Å². The molecule has 6 nitrogen and oxygen atoms in total. The van der Waals surface area contributed by atoms with Crippen LogP contribution in [0.5, 0.6) is 0 Å². The standard InChI is InChI=1S/3C10H20O2S.C8H17.Sn/c3*1-3-5-6-7-9(4-2)12-10(11)8-13;1-3-5-7-8-6-4-2;/h3*9,13H,3-8H2,1-2H3;1,3-8H2,2H3;. The van der Waals surface area contributed by atoms with E-state index < -0.39 is 0 Å². The Morgan fingerprint density at radius 1 is 0.438 bits per heavy atom. The summed E-state index contributed by atoms with van der Waals surface area (Å²) >= 11 is 13.3. The second-order valence-corrected chi connectivity index (χ2v) is 14.4. The zero-order valence-corrected chi connectivity index (χ0v) is 37.7. The summed E-state index contributed by atoms with van der Waals surface area (Å²) in [6, 6.07) is 0. The summed E-state index contributed by atoms with van der Waals surface area (Å²) in [6.45, 7) is 14.9. The number of unbranched alkanes of at least 4 members (excludes halogenated alkanes) is 11. The molecule has 0 aliphatic carbocycles. The first-order chi connectivity index (χ1) is 23.1. The Balaban J connectivity index is -0.000000271. The first-order valence-electron chi connectivity index (χ1n) is 19.2. The summed E-state index contributed by atoms with van der Waals surface area (Å²) in [7, 11) is 0. The van der Waals surface area contributed by atoms with Crippen LogP contribution in [0, 0.1) is 0 Å². The topological polar surface area (TPSA) is 78.9 Å². The van der Waals surface area contributed by atoms with Crippen molar-refractivity contribution in [3.8, 4) is 0 Å². The molecule has 3 unspecified atom stereocenters. The molecule has 3 radical (unpaired) electrons. The Morgan fingerprint density at radius 2 is 0.688 bits per heavy atom. The molecule has 0 N–H and O–H groups in total. The normalized spacial score (nSPS) is 12.1. The van der Waals surface area contributed by atoms with E-state index in [9.17, 15) is 14.4 Å². The minimum atomic E-state index is -0.202. The van der Waals surface area contributed by atoms with Crippen molar-refractivity contribution in [2.24, 2.45) is 0 Å². The van der Waals surface area contributed by atoms with Crippen LogP contribution in [0.2, 0.25) is 4.44 Å². The van der Waals surface area contributed by atoms with Gasteiger partial charge in [0.15, 0.2) is 0 Å². The van der Waals surface area contributed by atoms with Gasteiger partial charge in [-0.1, -0.05) is 80.1 Å². The van der Waals surface area contributed by atoms with Gasteiger partial charge in [-0.15, -0.1) is 0 Å².